The van der Waals surface area contributed by atoms with Gasteiger partial charge >= 0.3 is 0 Å². The van der Waals surface area contributed by atoms with Gasteiger partial charge < -0.3 is 5.32 Å². The first-order chi connectivity index (χ1) is 9.19. The summed E-state index contributed by atoms with van der Waals surface area (Å²) in [5.74, 6) is 0.429. The second-order valence-corrected chi connectivity index (χ2v) is 6.00. The molecule has 1 N–H and O–H groups in total. The number of likely N-dealkylation sites (N-methyl/N-ethyl adjacent to an activating group) is 1. The lowest BCUT2D eigenvalue weighted by molar-refractivity contribution is 0.625. The summed E-state index contributed by atoms with van der Waals surface area (Å²) in [7, 11) is 1.98. The van der Waals surface area contributed by atoms with Gasteiger partial charge in [0.1, 0.15) is 0 Å². The Labute approximate surface area is 128 Å². The Hall–Kier alpha value is -0.830. The zero-order chi connectivity index (χ0) is 13.7. The molecular weight excluding hydrogens is 322 g/mol. The molecule has 2 aromatic rings. The standard InChI is InChI=1S/C16H17BrClN/c1-19-11-14(13-5-3-7-16(18)10-13)8-12-4-2-6-15(17)9-12/h2-7,9-10,14,19H,8,11H2,1H3. The Kier molecular flexibility index (Phi) is 5.44. The highest BCUT2D eigenvalue weighted by atomic mass is 79.9. The van der Waals surface area contributed by atoms with E-state index in [4.69, 9.17) is 11.6 Å². The van der Waals surface area contributed by atoms with E-state index in [1.807, 2.05) is 19.2 Å². The molecular formula is C16H17BrClN. The summed E-state index contributed by atoms with van der Waals surface area (Å²) in [6.45, 7) is 0.937. The molecule has 1 atom stereocenters. The summed E-state index contributed by atoms with van der Waals surface area (Å²) < 4.78 is 1.12. The van der Waals surface area contributed by atoms with Crippen molar-refractivity contribution < 1.29 is 0 Å². The van der Waals surface area contributed by atoms with Gasteiger partial charge in [-0.3, -0.25) is 0 Å². The maximum Gasteiger partial charge on any atom is 0.0408 e. The lowest BCUT2D eigenvalue weighted by atomic mass is 9.92. The number of benzene rings is 2. The normalized spacial score (nSPS) is 12.4. The molecule has 2 rings (SSSR count). The van der Waals surface area contributed by atoms with Crippen LogP contribution in [0.5, 0.6) is 0 Å². The van der Waals surface area contributed by atoms with E-state index in [2.05, 4.69) is 57.6 Å². The van der Waals surface area contributed by atoms with Gasteiger partial charge in [-0.05, 0) is 48.9 Å². The molecule has 1 nitrogen and oxygen atoms in total. The predicted molar refractivity (Wildman–Crippen MR) is 86.0 cm³/mol. The van der Waals surface area contributed by atoms with Crippen molar-refractivity contribution in [2.45, 2.75) is 12.3 Å². The molecule has 0 aliphatic carbocycles. The van der Waals surface area contributed by atoms with Crippen LogP contribution < -0.4 is 5.32 Å². The Morgan fingerprint density at radius 2 is 1.95 bits per heavy atom. The Bertz CT molecular complexity index is 542. The van der Waals surface area contributed by atoms with Gasteiger partial charge in [-0.1, -0.05) is 51.8 Å². The third kappa shape index (κ3) is 4.34. The minimum atomic E-state index is 0.429. The number of hydrogen-bond acceptors (Lipinski definition) is 1. The summed E-state index contributed by atoms with van der Waals surface area (Å²) in [6.07, 6.45) is 1.00. The lowest BCUT2D eigenvalue weighted by Crippen LogP contribution is -2.19. The summed E-state index contributed by atoms with van der Waals surface area (Å²) in [5, 5.41) is 4.06. The minimum absolute atomic E-state index is 0.429. The predicted octanol–water partition coefficient (Wildman–Crippen LogP) is 4.65. The number of hydrogen-bond donors (Lipinski definition) is 1. The Balaban J connectivity index is 2.21. The van der Waals surface area contributed by atoms with Crippen molar-refractivity contribution in [3.63, 3.8) is 0 Å². The van der Waals surface area contributed by atoms with Gasteiger partial charge in [0.25, 0.3) is 0 Å². The molecule has 2 aromatic carbocycles. The highest BCUT2D eigenvalue weighted by Crippen LogP contribution is 2.24. The average Bonchev–Trinajstić information content (AvgIpc) is 2.38. The summed E-state index contributed by atoms with van der Waals surface area (Å²) in [4.78, 5) is 0. The van der Waals surface area contributed by atoms with Crippen LogP contribution in [-0.4, -0.2) is 13.6 Å². The third-order valence-electron chi connectivity index (χ3n) is 3.14. The van der Waals surface area contributed by atoms with E-state index in [1.54, 1.807) is 0 Å². The average molecular weight is 339 g/mol. The topological polar surface area (TPSA) is 12.0 Å². The quantitative estimate of drug-likeness (QED) is 0.837. The number of halogens is 2. The van der Waals surface area contributed by atoms with Crippen LogP contribution in [-0.2, 0) is 6.42 Å². The zero-order valence-electron chi connectivity index (χ0n) is 10.9. The molecule has 0 aromatic heterocycles. The molecule has 0 saturated carbocycles. The molecule has 0 aliphatic rings. The SMILES string of the molecule is CNCC(Cc1cccc(Br)c1)c1cccc(Cl)c1. The van der Waals surface area contributed by atoms with Crippen LogP contribution in [0.3, 0.4) is 0 Å². The van der Waals surface area contributed by atoms with Crippen LogP contribution in [0.1, 0.15) is 17.0 Å². The largest absolute Gasteiger partial charge is 0.319 e. The maximum atomic E-state index is 6.09. The van der Waals surface area contributed by atoms with E-state index in [0.29, 0.717) is 5.92 Å². The fraction of sp³-hybridized carbons (Fsp3) is 0.250. The van der Waals surface area contributed by atoms with Gasteiger partial charge in [-0.15, -0.1) is 0 Å². The van der Waals surface area contributed by atoms with E-state index in [1.165, 1.54) is 11.1 Å². The fourth-order valence-corrected chi connectivity index (χ4v) is 2.91. The molecule has 0 heterocycles. The number of nitrogens with one attached hydrogen (secondary N) is 1. The van der Waals surface area contributed by atoms with Gasteiger partial charge in [0, 0.05) is 22.0 Å². The molecule has 100 valence electrons. The second kappa shape index (κ2) is 7.09. The van der Waals surface area contributed by atoms with Crippen molar-refractivity contribution in [3.8, 4) is 0 Å². The van der Waals surface area contributed by atoms with Gasteiger partial charge in [0.2, 0.25) is 0 Å². The van der Waals surface area contributed by atoms with Crippen LogP contribution in [0.2, 0.25) is 5.02 Å². The van der Waals surface area contributed by atoms with Gasteiger partial charge in [0.05, 0.1) is 0 Å². The molecule has 0 amide bonds. The molecule has 19 heavy (non-hydrogen) atoms. The minimum Gasteiger partial charge on any atom is -0.319 e. The Morgan fingerprint density at radius 3 is 2.63 bits per heavy atom. The Morgan fingerprint density at radius 1 is 1.16 bits per heavy atom. The highest BCUT2D eigenvalue weighted by Gasteiger charge is 2.12. The van der Waals surface area contributed by atoms with E-state index < -0.39 is 0 Å². The van der Waals surface area contributed by atoms with Crippen molar-refractivity contribution in [2.24, 2.45) is 0 Å². The highest BCUT2D eigenvalue weighted by molar-refractivity contribution is 9.10. The molecule has 0 radical (unpaired) electrons. The van der Waals surface area contributed by atoms with Crippen LogP contribution >= 0.6 is 27.5 Å². The van der Waals surface area contributed by atoms with Crippen molar-refractivity contribution >= 4 is 27.5 Å². The smallest absolute Gasteiger partial charge is 0.0408 e. The van der Waals surface area contributed by atoms with E-state index in [0.717, 1.165) is 22.5 Å². The number of rotatable bonds is 5. The third-order valence-corrected chi connectivity index (χ3v) is 3.87. The molecule has 0 fully saturated rings. The van der Waals surface area contributed by atoms with Gasteiger partial charge in [-0.25, -0.2) is 0 Å². The van der Waals surface area contributed by atoms with E-state index >= 15 is 0 Å². The summed E-state index contributed by atoms with van der Waals surface area (Å²) >= 11 is 9.61. The first-order valence-electron chi connectivity index (χ1n) is 6.33. The van der Waals surface area contributed by atoms with Crippen LogP contribution in [0, 0.1) is 0 Å². The molecule has 0 bridgehead atoms. The zero-order valence-corrected chi connectivity index (χ0v) is 13.2. The van der Waals surface area contributed by atoms with Crippen molar-refractivity contribution in [1.29, 1.82) is 0 Å². The molecule has 3 heteroatoms. The molecule has 1 unspecified atom stereocenters. The molecule has 0 saturated heterocycles. The lowest BCUT2D eigenvalue weighted by Gasteiger charge is -2.17. The molecule has 0 aliphatic heterocycles. The van der Waals surface area contributed by atoms with Crippen LogP contribution in [0.25, 0.3) is 0 Å². The monoisotopic (exact) mass is 337 g/mol. The first kappa shape index (κ1) is 14.6. The van der Waals surface area contributed by atoms with E-state index in [9.17, 15) is 0 Å². The second-order valence-electron chi connectivity index (χ2n) is 4.64. The van der Waals surface area contributed by atoms with Crippen molar-refractivity contribution in [3.05, 3.63) is 69.2 Å². The van der Waals surface area contributed by atoms with Gasteiger partial charge in [-0.2, -0.15) is 0 Å². The van der Waals surface area contributed by atoms with Crippen LogP contribution in [0.4, 0.5) is 0 Å². The first-order valence-corrected chi connectivity index (χ1v) is 7.50. The van der Waals surface area contributed by atoms with Gasteiger partial charge in [0.15, 0.2) is 0 Å². The maximum absolute atomic E-state index is 6.09. The van der Waals surface area contributed by atoms with Crippen LogP contribution in [0.15, 0.2) is 53.0 Å². The fourth-order valence-electron chi connectivity index (χ4n) is 2.26. The molecule has 0 spiro atoms. The summed E-state index contributed by atoms with van der Waals surface area (Å²) in [5.41, 5.74) is 2.61. The van der Waals surface area contributed by atoms with Crippen molar-refractivity contribution in [1.82, 2.24) is 5.32 Å². The summed E-state index contributed by atoms with van der Waals surface area (Å²) in [6, 6.07) is 16.6. The van der Waals surface area contributed by atoms with E-state index in [-0.39, 0.29) is 0 Å². The van der Waals surface area contributed by atoms with Crippen molar-refractivity contribution in [2.75, 3.05) is 13.6 Å².